The quantitative estimate of drug-likeness (QED) is 0.600. The van der Waals surface area contributed by atoms with E-state index in [1.165, 1.54) is 0 Å². The summed E-state index contributed by atoms with van der Waals surface area (Å²) in [6, 6.07) is 10.1. The predicted octanol–water partition coefficient (Wildman–Crippen LogP) is 2.52. The molecule has 0 bridgehead atoms. The van der Waals surface area contributed by atoms with Gasteiger partial charge < -0.3 is 25.2 Å². The van der Waals surface area contributed by atoms with E-state index in [2.05, 4.69) is 24.8 Å². The van der Waals surface area contributed by atoms with Crippen LogP contribution in [0.4, 0.5) is 5.69 Å². The number of hydrogen-bond acceptors (Lipinski definition) is 7. The maximum absolute atomic E-state index is 9.70. The van der Waals surface area contributed by atoms with E-state index in [-0.39, 0.29) is 19.2 Å². The molecule has 3 N–H and O–H groups in total. The lowest BCUT2D eigenvalue weighted by Crippen LogP contribution is -2.36. The van der Waals surface area contributed by atoms with Crippen LogP contribution in [0.15, 0.2) is 30.3 Å². The number of nitrogens with two attached hydrogens (primary N) is 1. The average molecular weight is 426 g/mol. The molecule has 1 aliphatic heterocycles. The maximum Gasteiger partial charge on any atom is 0.161 e. The summed E-state index contributed by atoms with van der Waals surface area (Å²) in [7, 11) is 0. The van der Waals surface area contributed by atoms with Gasteiger partial charge in [0.1, 0.15) is 18.5 Å². The van der Waals surface area contributed by atoms with Crippen LogP contribution in [-0.2, 0) is 4.74 Å². The van der Waals surface area contributed by atoms with Crippen LogP contribution >= 0.6 is 0 Å². The zero-order valence-electron chi connectivity index (χ0n) is 18.4. The number of fused-ring (bicyclic) bond motifs is 1. The van der Waals surface area contributed by atoms with E-state index in [0.29, 0.717) is 19.0 Å². The highest BCUT2D eigenvalue weighted by Gasteiger charge is 2.22. The van der Waals surface area contributed by atoms with Gasteiger partial charge in [0.15, 0.2) is 5.65 Å². The number of morpholine rings is 1. The second kappa shape index (κ2) is 9.21. The van der Waals surface area contributed by atoms with E-state index in [0.717, 1.165) is 46.8 Å². The predicted molar refractivity (Wildman–Crippen MR) is 122 cm³/mol. The summed E-state index contributed by atoms with van der Waals surface area (Å²) in [6.07, 6.45) is -0.686. The molecule has 0 amide bonds. The van der Waals surface area contributed by atoms with Crippen molar-refractivity contribution in [2.75, 3.05) is 44.4 Å². The molecule has 1 atom stereocenters. The van der Waals surface area contributed by atoms with E-state index >= 15 is 0 Å². The standard InChI is InChI=1S/C23H31N5O3/c1-15(2)28-23-22(16(3)26-28)21(27-7-9-30-10-8-27)12-20(25-23)17-5-4-6-19(11-17)31-14-18(29)13-24/h4-6,11-12,15,18,29H,7-10,13-14,24H2,1-3H3. The number of aliphatic hydroxyl groups excluding tert-OH is 1. The fraction of sp³-hybridized carbons (Fsp3) is 0.478. The molecule has 31 heavy (non-hydrogen) atoms. The molecule has 0 radical (unpaired) electrons. The van der Waals surface area contributed by atoms with Gasteiger partial charge in [-0.25, -0.2) is 9.67 Å². The Labute approximate surface area is 182 Å². The lowest BCUT2D eigenvalue weighted by Gasteiger charge is -2.30. The maximum atomic E-state index is 9.70. The monoisotopic (exact) mass is 425 g/mol. The van der Waals surface area contributed by atoms with Crippen LogP contribution in [0, 0.1) is 6.92 Å². The van der Waals surface area contributed by atoms with E-state index in [1.807, 2.05) is 35.9 Å². The molecular weight excluding hydrogens is 394 g/mol. The van der Waals surface area contributed by atoms with Gasteiger partial charge >= 0.3 is 0 Å². The lowest BCUT2D eigenvalue weighted by molar-refractivity contribution is 0.114. The molecule has 1 fully saturated rings. The Morgan fingerprint density at radius 3 is 2.71 bits per heavy atom. The van der Waals surface area contributed by atoms with Gasteiger partial charge in [0.2, 0.25) is 0 Å². The Morgan fingerprint density at radius 1 is 1.23 bits per heavy atom. The summed E-state index contributed by atoms with van der Waals surface area (Å²) in [5.74, 6) is 0.674. The van der Waals surface area contributed by atoms with Gasteiger partial charge in [-0.3, -0.25) is 0 Å². The molecule has 0 saturated carbocycles. The van der Waals surface area contributed by atoms with E-state index < -0.39 is 6.10 Å². The summed E-state index contributed by atoms with van der Waals surface area (Å²) in [5, 5.41) is 15.6. The molecule has 3 heterocycles. The van der Waals surface area contributed by atoms with Crippen LogP contribution in [0.5, 0.6) is 5.75 Å². The normalized spacial score (nSPS) is 15.6. The van der Waals surface area contributed by atoms with Crippen LogP contribution < -0.4 is 15.4 Å². The summed E-state index contributed by atoms with van der Waals surface area (Å²) in [5.41, 5.74) is 10.3. The lowest BCUT2D eigenvalue weighted by atomic mass is 10.1. The summed E-state index contributed by atoms with van der Waals surface area (Å²) >= 11 is 0. The number of aryl methyl sites for hydroxylation is 1. The number of rotatable bonds is 7. The van der Waals surface area contributed by atoms with Gasteiger partial charge in [-0.1, -0.05) is 12.1 Å². The van der Waals surface area contributed by atoms with Crippen molar-refractivity contribution < 1.29 is 14.6 Å². The highest BCUT2D eigenvalue weighted by molar-refractivity contribution is 5.94. The first kappa shape index (κ1) is 21.5. The highest BCUT2D eigenvalue weighted by Crippen LogP contribution is 2.35. The van der Waals surface area contributed by atoms with Gasteiger partial charge in [0.25, 0.3) is 0 Å². The minimum absolute atomic E-state index is 0.157. The van der Waals surface area contributed by atoms with Crippen molar-refractivity contribution in [2.24, 2.45) is 5.73 Å². The molecule has 4 rings (SSSR count). The summed E-state index contributed by atoms with van der Waals surface area (Å²) in [6.45, 7) is 9.70. The molecule has 2 aromatic heterocycles. The number of aliphatic hydroxyl groups is 1. The third-order valence-corrected chi connectivity index (χ3v) is 5.50. The van der Waals surface area contributed by atoms with Crippen LogP contribution in [0.3, 0.4) is 0 Å². The van der Waals surface area contributed by atoms with Gasteiger partial charge in [-0.05, 0) is 39.0 Å². The van der Waals surface area contributed by atoms with E-state index in [4.69, 9.17) is 25.3 Å². The molecule has 1 aromatic carbocycles. The first-order valence-electron chi connectivity index (χ1n) is 10.8. The highest BCUT2D eigenvalue weighted by atomic mass is 16.5. The topological polar surface area (TPSA) is 98.7 Å². The molecule has 166 valence electrons. The Kier molecular flexibility index (Phi) is 6.41. The Hall–Kier alpha value is -2.68. The molecule has 1 saturated heterocycles. The molecule has 8 heteroatoms. The molecular formula is C23H31N5O3. The van der Waals surface area contributed by atoms with Gasteiger partial charge in [-0.2, -0.15) is 5.10 Å². The number of anilines is 1. The van der Waals surface area contributed by atoms with Crippen LogP contribution in [0.1, 0.15) is 25.6 Å². The van der Waals surface area contributed by atoms with Crippen molar-refractivity contribution in [3.8, 4) is 17.0 Å². The third-order valence-electron chi connectivity index (χ3n) is 5.50. The zero-order valence-corrected chi connectivity index (χ0v) is 18.4. The van der Waals surface area contributed by atoms with E-state index in [9.17, 15) is 5.11 Å². The summed E-state index contributed by atoms with van der Waals surface area (Å²) < 4.78 is 13.3. The minimum atomic E-state index is -0.686. The number of benzene rings is 1. The second-order valence-corrected chi connectivity index (χ2v) is 8.18. The zero-order chi connectivity index (χ0) is 22.0. The van der Waals surface area contributed by atoms with Crippen molar-refractivity contribution in [2.45, 2.75) is 32.9 Å². The smallest absolute Gasteiger partial charge is 0.161 e. The van der Waals surface area contributed by atoms with Crippen molar-refractivity contribution in [1.82, 2.24) is 14.8 Å². The first-order valence-corrected chi connectivity index (χ1v) is 10.8. The molecule has 3 aromatic rings. The van der Waals surface area contributed by atoms with Crippen molar-refractivity contribution in [3.05, 3.63) is 36.0 Å². The van der Waals surface area contributed by atoms with Crippen LogP contribution in [-0.4, -0.2) is 65.4 Å². The number of ether oxygens (including phenoxy) is 2. The number of pyridine rings is 1. The average Bonchev–Trinajstić information content (AvgIpc) is 3.14. The molecule has 1 unspecified atom stereocenters. The molecule has 0 spiro atoms. The second-order valence-electron chi connectivity index (χ2n) is 8.18. The fourth-order valence-electron chi connectivity index (χ4n) is 3.86. The molecule has 8 nitrogen and oxygen atoms in total. The summed E-state index contributed by atoms with van der Waals surface area (Å²) in [4.78, 5) is 7.37. The van der Waals surface area contributed by atoms with Crippen LogP contribution in [0.2, 0.25) is 0 Å². The van der Waals surface area contributed by atoms with Crippen molar-refractivity contribution >= 4 is 16.7 Å². The number of aromatic nitrogens is 3. The van der Waals surface area contributed by atoms with Gasteiger partial charge in [-0.15, -0.1) is 0 Å². The van der Waals surface area contributed by atoms with Crippen LogP contribution in [0.25, 0.3) is 22.3 Å². The Morgan fingerprint density at radius 2 is 2.00 bits per heavy atom. The molecule has 0 aliphatic carbocycles. The van der Waals surface area contributed by atoms with Gasteiger partial charge in [0, 0.05) is 31.2 Å². The Balaban J connectivity index is 1.80. The van der Waals surface area contributed by atoms with E-state index in [1.54, 1.807) is 0 Å². The largest absolute Gasteiger partial charge is 0.491 e. The van der Waals surface area contributed by atoms with Crippen molar-refractivity contribution in [3.63, 3.8) is 0 Å². The molecule has 1 aliphatic rings. The first-order chi connectivity index (χ1) is 15.0. The number of nitrogens with zero attached hydrogens (tertiary/aromatic N) is 4. The fourth-order valence-corrected chi connectivity index (χ4v) is 3.86. The number of hydrogen-bond donors (Lipinski definition) is 2. The SMILES string of the molecule is Cc1nn(C(C)C)c2nc(-c3cccc(OCC(O)CN)c3)cc(N3CCOCC3)c12. The Bertz CT molecular complexity index is 1040. The minimum Gasteiger partial charge on any atom is -0.491 e. The van der Waals surface area contributed by atoms with Crippen molar-refractivity contribution in [1.29, 1.82) is 0 Å². The van der Waals surface area contributed by atoms with Gasteiger partial charge in [0.05, 0.1) is 35.7 Å². The third kappa shape index (κ3) is 4.51.